The molecule has 0 aliphatic carbocycles. The van der Waals surface area contributed by atoms with Crippen LogP contribution in [0.15, 0.2) is 0 Å². The van der Waals surface area contributed by atoms with Crippen molar-refractivity contribution in [2.75, 3.05) is 18.6 Å². The quantitative estimate of drug-likeness (QED) is 0.726. The lowest BCUT2D eigenvalue weighted by molar-refractivity contribution is -0.145. The van der Waals surface area contributed by atoms with Crippen LogP contribution in [-0.2, 0) is 14.3 Å². The molecule has 8 heteroatoms. The highest BCUT2D eigenvalue weighted by Gasteiger charge is 2.37. The highest BCUT2D eigenvalue weighted by atomic mass is 16.5. The predicted molar refractivity (Wildman–Crippen MR) is 60.5 cm³/mol. The van der Waals surface area contributed by atoms with Crippen LogP contribution in [0.5, 0.6) is 0 Å². The summed E-state index contributed by atoms with van der Waals surface area (Å²) in [5.41, 5.74) is -0.0846. The molecule has 19 heavy (non-hydrogen) atoms. The van der Waals surface area contributed by atoms with Crippen LogP contribution in [-0.4, -0.2) is 35.5 Å². The number of amides is 1. The van der Waals surface area contributed by atoms with Gasteiger partial charge < -0.3 is 9.72 Å². The molecule has 1 atom stereocenters. The first-order chi connectivity index (χ1) is 9.10. The Kier molecular flexibility index (Phi) is 3.17. The third-order valence-electron chi connectivity index (χ3n) is 2.82. The Morgan fingerprint density at radius 2 is 2.26 bits per heavy atom. The number of aromatic amines is 1. The van der Waals surface area contributed by atoms with Crippen molar-refractivity contribution < 1.29 is 14.3 Å². The SMILES string of the molecule is COC(=O)C1CC(=O)N(c2nc(C#N)c(C#N)[nH]2)C1. The molecule has 0 spiro atoms. The number of hydrogen-bond donors (Lipinski definition) is 1. The Hall–Kier alpha value is -2.87. The van der Waals surface area contributed by atoms with E-state index in [2.05, 4.69) is 14.7 Å². The van der Waals surface area contributed by atoms with Gasteiger partial charge in [0.15, 0.2) is 11.4 Å². The van der Waals surface area contributed by atoms with Gasteiger partial charge in [-0.1, -0.05) is 0 Å². The molecule has 96 valence electrons. The zero-order valence-electron chi connectivity index (χ0n) is 10.0. The molecule has 0 saturated carbocycles. The van der Waals surface area contributed by atoms with Crippen molar-refractivity contribution in [2.24, 2.45) is 5.92 Å². The van der Waals surface area contributed by atoms with E-state index < -0.39 is 11.9 Å². The minimum atomic E-state index is -0.557. The van der Waals surface area contributed by atoms with Crippen molar-refractivity contribution in [3.8, 4) is 12.1 Å². The number of nitrogens with one attached hydrogen (secondary N) is 1. The molecule has 0 radical (unpaired) electrons. The first-order valence-electron chi connectivity index (χ1n) is 5.39. The van der Waals surface area contributed by atoms with Gasteiger partial charge in [0.2, 0.25) is 11.9 Å². The number of carbonyl (C=O) groups excluding carboxylic acids is 2. The summed E-state index contributed by atoms with van der Waals surface area (Å²) in [5, 5.41) is 17.6. The number of nitriles is 2. The lowest BCUT2D eigenvalue weighted by atomic mass is 10.1. The van der Waals surface area contributed by atoms with Crippen molar-refractivity contribution in [3.63, 3.8) is 0 Å². The number of rotatable bonds is 2. The average molecular weight is 259 g/mol. The van der Waals surface area contributed by atoms with Crippen LogP contribution < -0.4 is 4.90 Å². The van der Waals surface area contributed by atoms with E-state index in [1.165, 1.54) is 12.0 Å². The van der Waals surface area contributed by atoms with E-state index in [4.69, 9.17) is 10.5 Å². The normalized spacial score (nSPS) is 17.9. The number of carbonyl (C=O) groups is 2. The smallest absolute Gasteiger partial charge is 0.311 e. The van der Waals surface area contributed by atoms with E-state index in [1.54, 1.807) is 12.1 Å². The number of esters is 1. The van der Waals surface area contributed by atoms with Crippen molar-refractivity contribution in [1.29, 1.82) is 10.5 Å². The van der Waals surface area contributed by atoms with E-state index in [1.807, 2.05) is 0 Å². The maximum atomic E-state index is 11.8. The molecule has 1 amide bonds. The number of ether oxygens (including phenoxy) is 1. The monoisotopic (exact) mass is 259 g/mol. The van der Waals surface area contributed by atoms with Gasteiger partial charge in [-0.3, -0.25) is 14.5 Å². The first-order valence-corrected chi connectivity index (χ1v) is 5.39. The average Bonchev–Trinajstić information content (AvgIpc) is 3.00. The van der Waals surface area contributed by atoms with Gasteiger partial charge in [-0.05, 0) is 0 Å². The van der Waals surface area contributed by atoms with Gasteiger partial charge in [0.25, 0.3) is 0 Å². The van der Waals surface area contributed by atoms with Gasteiger partial charge in [-0.25, -0.2) is 4.98 Å². The van der Waals surface area contributed by atoms with Crippen LogP contribution in [0.1, 0.15) is 17.8 Å². The number of nitrogens with zero attached hydrogens (tertiary/aromatic N) is 4. The third-order valence-corrected chi connectivity index (χ3v) is 2.82. The van der Waals surface area contributed by atoms with Crippen molar-refractivity contribution in [2.45, 2.75) is 6.42 Å². The molecule has 2 rings (SSSR count). The molecular weight excluding hydrogens is 250 g/mol. The van der Waals surface area contributed by atoms with Gasteiger partial charge >= 0.3 is 5.97 Å². The van der Waals surface area contributed by atoms with E-state index in [0.29, 0.717) is 0 Å². The molecule has 8 nitrogen and oxygen atoms in total. The van der Waals surface area contributed by atoms with Crippen LogP contribution in [0, 0.1) is 28.6 Å². The molecule has 1 unspecified atom stereocenters. The van der Waals surface area contributed by atoms with E-state index in [9.17, 15) is 9.59 Å². The summed E-state index contributed by atoms with van der Waals surface area (Å²) in [7, 11) is 1.25. The second kappa shape index (κ2) is 4.78. The lowest BCUT2D eigenvalue weighted by Gasteiger charge is -2.11. The second-order valence-corrected chi connectivity index (χ2v) is 3.94. The zero-order valence-corrected chi connectivity index (χ0v) is 10.0. The van der Waals surface area contributed by atoms with Crippen LogP contribution in [0.3, 0.4) is 0 Å². The van der Waals surface area contributed by atoms with Gasteiger partial charge in [0, 0.05) is 13.0 Å². The molecule has 2 heterocycles. The topological polar surface area (TPSA) is 123 Å². The molecule has 1 aromatic rings. The maximum absolute atomic E-state index is 11.8. The number of imidazole rings is 1. The molecule has 1 aromatic heterocycles. The Bertz CT molecular complexity index is 590. The van der Waals surface area contributed by atoms with E-state index in [-0.39, 0.29) is 36.2 Å². The summed E-state index contributed by atoms with van der Waals surface area (Å²) in [6, 6.07) is 3.54. The van der Waals surface area contributed by atoms with Crippen molar-refractivity contribution >= 4 is 17.8 Å². The zero-order chi connectivity index (χ0) is 14.0. The fraction of sp³-hybridized carbons (Fsp3) is 0.364. The largest absolute Gasteiger partial charge is 0.469 e. The highest BCUT2D eigenvalue weighted by Crippen LogP contribution is 2.24. The van der Waals surface area contributed by atoms with Crippen molar-refractivity contribution in [3.05, 3.63) is 11.4 Å². The maximum Gasteiger partial charge on any atom is 0.311 e. The standard InChI is InChI=1S/C11H9N5O3/c1-19-10(18)6-2-9(17)16(5-6)11-14-7(3-12)8(4-13)15-11/h6H,2,5H2,1H3,(H,14,15). The first kappa shape index (κ1) is 12.6. The Labute approximate surface area is 108 Å². The van der Waals surface area contributed by atoms with Crippen molar-refractivity contribution in [1.82, 2.24) is 9.97 Å². The molecule has 1 saturated heterocycles. The molecule has 1 N–H and O–H groups in total. The van der Waals surface area contributed by atoms with Gasteiger partial charge in [0.1, 0.15) is 12.1 Å². The van der Waals surface area contributed by atoms with Crippen LogP contribution >= 0.6 is 0 Å². The number of hydrogen-bond acceptors (Lipinski definition) is 6. The van der Waals surface area contributed by atoms with E-state index in [0.717, 1.165) is 0 Å². The van der Waals surface area contributed by atoms with Gasteiger partial charge in [0.05, 0.1) is 13.0 Å². The molecule has 1 aliphatic rings. The number of anilines is 1. The minimum absolute atomic E-state index is 0.00758. The number of aromatic nitrogens is 2. The van der Waals surface area contributed by atoms with Gasteiger partial charge in [-0.2, -0.15) is 10.5 Å². The highest BCUT2D eigenvalue weighted by molar-refractivity contribution is 5.98. The minimum Gasteiger partial charge on any atom is -0.469 e. The van der Waals surface area contributed by atoms with E-state index >= 15 is 0 Å². The summed E-state index contributed by atoms with van der Waals surface area (Å²) < 4.78 is 4.58. The van der Waals surface area contributed by atoms with Crippen LogP contribution in [0.2, 0.25) is 0 Å². The second-order valence-electron chi connectivity index (χ2n) is 3.94. The fourth-order valence-corrected chi connectivity index (χ4v) is 1.89. The summed E-state index contributed by atoms with van der Waals surface area (Å²) >= 11 is 0. The molecule has 1 fully saturated rings. The van der Waals surface area contributed by atoms with Crippen LogP contribution in [0.25, 0.3) is 0 Å². The Morgan fingerprint density at radius 1 is 1.53 bits per heavy atom. The summed E-state index contributed by atoms with van der Waals surface area (Å²) in [6.07, 6.45) is 0.0249. The molecule has 1 aliphatic heterocycles. The third kappa shape index (κ3) is 2.11. The summed E-state index contributed by atoms with van der Waals surface area (Å²) in [6.45, 7) is 0.120. The molecular formula is C11H9N5O3. The predicted octanol–water partition coefficient (Wildman–Crippen LogP) is -0.321. The van der Waals surface area contributed by atoms with Crippen LogP contribution in [0.4, 0.5) is 5.95 Å². The Balaban J connectivity index is 2.27. The lowest BCUT2D eigenvalue weighted by Crippen LogP contribution is -2.27. The summed E-state index contributed by atoms with van der Waals surface area (Å²) in [4.78, 5) is 30.9. The van der Waals surface area contributed by atoms with Gasteiger partial charge in [-0.15, -0.1) is 0 Å². The fourth-order valence-electron chi connectivity index (χ4n) is 1.89. The summed E-state index contributed by atoms with van der Waals surface area (Å²) in [5.74, 6) is -1.23. The molecule has 0 aromatic carbocycles. The number of H-pyrrole nitrogens is 1. The number of methoxy groups -OCH3 is 1. The Morgan fingerprint density at radius 3 is 2.79 bits per heavy atom. The molecule has 0 bridgehead atoms.